The first-order valence-electron chi connectivity index (χ1n) is 10.9. The number of ether oxygens (including phenoxy) is 1. The summed E-state index contributed by atoms with van der Waals surface area (Å²) in [6.07, 6.45) is 1.01. The molecule has 2 amide bonds. The fraction of sp³-hybridized carbons (Fsp3) is 0.417. The highest BCUT2D eigenvalue weighted by Crippen LogP contribution is 2.31. The molecule has 1 atom stereocenters. The fourth-order valence-corrected chi connectivity index (χ4v) is 4.58. The van der Waals surface area contributed by atoms with Crippen LogP contribution in [0.2, 0.25) is 10.0 Å². The van der Waals surface area contributed by atoms with E-state index in [-0.39, 0.29) is 24.2 Å². The van der Waals surface area contributed by atoms with Crippen LogP contribution in [0.15, 0.2) is 36.4 Å². The van der Waals surface area contributed by atoms with Crippen LogP contribution < -0.4 is 14.4 Å². The average molecular weight is 545 g/mol. The molecule has 0 aliphatic rings. The van der Waals surface area contributed by atoms with E-state index in [1.807, 2.05) is 13.8 Å². The van der Waals surface area contributed by atoms with Crippen LogP contribution in [-0.4, -0.2) is 57.1 Å². The zero-order valence-corrected chi connectivity index (χ0v) is 23.0. The summed E-state index contributed by atoms with van der Waals surface area (Å²) in [4.78, 5) is 27.7. The molecule has 0 spiro atoms. The maximum atomic E-state index is 13.6. The summed E-state index contributed by atoms with van der Waals surface area (Å²) in [5.41, 5.74) is 1.66. The van der Waals surface area contributed by atoms with Crippen LogP contribution in [0, 0.1) is 6.92 Å². The van der Waals surface area contributed by atoms with Gasteiger partial charge < -0.3 is 15.0 Å². The van der Waals surface area contributed by atoms with Crippen molar-refractivity contribution in [1.29, 1.82) is 0 Å². The Morgan fingerprint density at radius 2 is 1.71 bits per heavy atom. The van der Waals surface area contributed by atoms with Crippen LogP contribution in [-0.2, 0) is 26.2 Å². The molecule has 0 saturated heterocycles. The standard InChI is InChI=1S/C24H31Cl2N3O5S/c1-15(2)27-24(31)17(4)28(13-18-8-9-19(25)20(26)12-18)23(30)14-29(35(6,32)33)21-11-16(3)7-10-22(21)34-5/h7-12,15,17H,13-14H2,1-6H3,(H,27,31). The number of anilines is 1. The number of sulfonamides is 1. The molecule has 2 aromatic carbocycles. The third kappa shape index (κ3) is 7.75. The predicted molar refractivity (Wildman–Crippen MR) is 140 cm³/mol. The minimum Gasteiger partial charge on any atom is -0.495 e. The molecule has 8 nitrogen and oxygen atoms in total. The molecule has 2 rings (SSSR count). The minimum absolute atomic E-state index is 0.0188. The van der Waals surface area contributed by atoms with Crippen LogP contribution in [0.3, 0.4) is 0 Å². The Morgan fingerprint density at radius 1 is 1.06 bits per heavy atom. The van der Waals surface area contributed by atoms with Crippen molar-refractivity contribution < 1.29 is 22.7 Å². The molecule has 1 unspecified atom stereocenters. The number of rotatable bonds is 10. The van der Waals surface area contributed by atoms with Crippen LogP contribution in [0.25, 0.3) is 0 Å². The number of halogens is 2. The number of nitrogens with one attached hydrogen (secondary N) is 1. The van der Waals surface area contributed by atoms with Crippen molar-refractivity contribution in [3.05, 3.63) is 57.6 Å². The lowest BCUT2D eigenvalue weighted by molar-refractivity contribution is -0.139. The van der Waals surface area contributed by atoms with Crippen LogP contribution in [0.4, 0.5) is 5.69 Å². The van der Waals surface area contributed by atoms with E-state index < -0.39 is 28.5 Å². The normalized spacial score (nSPS) is 12.3. The molecule has 0 radical (unpaired) electrons. The topological polar surface area (TPSA) is 96.0 Å². The summed E-state index contributed by atoms with van der Waals surface area (Å²) >= 11 is 12.2. The summed E-state index contributed by atoms with van der Waals surface area (Å²) in [6.45, 7) is 6.51. The van der Waals surface area contributed by atoms with Crippen molar-refractivity contribution in [1.82, 2.24) is 10.2 Å². The molecule has 0 bridgehead atoms. The monoisotopic (exact) mass is 543 g/mol. The van der Waals surface area contributed by atoms with Gasteiger partial charge in [-0.15, -0.1) is 0 Å². The maximum Gasteiger partial charge on any atom is 0.244 e. The summed E-state index contributed by atoms with van der Waals surface area (Å²) in [5, 5.41) is 3.45. The largest absolute Gasteiger partial charge is 0.495 e. The maximum absolute atomic E-state index is 13.6. The van der Waals surface area contributed by atoms with Gasteiger partial charge in [-0.2, -0.15) is 0 Å². The third-order valence-electron chi connectivity index (χ3n) is 5.22. The van der Waals surface area contributed by atoms with E-state index in [4.69, 9.17) is 27.9 Å². The quantitative estimate of drug-likeness (QED) is 0.488. The highest BCUT2D eigenvalue weighted by molar-refractivity contribution is 7.92. The molecule has 0 heterocycles. The highest BCUT2D eigenvalue weighted by Gasteiger charge is 2.31. The fourth-order valence-electron chi connectivity index (χ4n) is 3.41. The number of aryl methyl sites for hydroxylation is 1. The summed E-state index contributed by atoms with van der Waals surface area (Å²) in [7, 11) is -2.46. The molecule has 11 heteroatoms. The van der Waals surface area contributed by atoms with Crippen LogP contribution in [0.1, 0.15) is 31.9 Å². The van der Waals surface area contributed by atoms with Crippen molar-refractivity contribution >= 4 is 50.7 Å². The summed E-state index contributed by atoms with van der Waals surface area (Å²) in [6, 6.07) is 8.91. The lowest BCUT2D eigenvalue weighted by atomic mass is 10.1. The lowest BCUT2D eigenvalue weighted by Crippen LogP contribution is -2.52. The Hall–Kier alpha value is -2.49. The molecule has 0 aromatic heterocycles. The molecule has 192 valence electrons. The van der Waals surface area contributed by atoms with Gasteiger partial charge in [-0.3, -0.25) is 13.9 Å². The van der Waals surface area contributed by atoms with E-state index in [1.54, 1.807) is 50.2 Å². The predicted octanol–water partition coefficient (Wildman–Crippen LogP) is 4.02. The summed E-state index contributed by atoms with van der Waals surface area (Å²) in [5.74, 6) is -0.639. The number of carbonyl (C=O) groups is 2. The van der Waals surface area contributed by atoms with Gasteiger partial charge in [-0.25, -0.2) is 8.42 Å². The smallest absolute Gasteiger partial charge is 0.244 e. The number of hydrogen-bond acceptors (Lipinski definition) is 5. The minimum atomic E-state index is -3.88. The highest BCUT2D eigenvalue weighted by atomic mass is 35.5. The second kappa shape index (κ2) is 12.0. The van der Waals surface area contributed by atoms with Gasteiger partial charge in [0.05, 0.1) is 29.1 Å². The number of nitrogens with zero attached hydrogens (tertiary/aromatic N) is 2. The third-order valence-corrected chi connectivity index (χ3v) is 7.08. The van der Waals surface area contributed by atoms with E-state index in [9.17, 15) is 18.0 Å². The Labute approximate surface area is 217 Å². The second-order valence-electron chi connectivity index (χ2n) is 8.55. The number of carbonyl (C=O) groups excluding carboxylic acids is 2. The van der Waals surface area contributed by atoms with Gasteiger partial charge in [-0.1, -0.05) is 35.3 Å². The van der Waals surface area contributed by atoms with Crippen LogP contribution in [0.5, 0.6) is 5.75 Å². The van der Waals surface area contributed by atoms with Crippen molar-refractivity contribution in [2.75, 3.05) is 24.2 Å². The van der Waals surface area contributed by atoms with Gasteiger partial charge in [0.15, 0.2) is 0 Å². The molecule has 0 aliphatic carbocycles. The zero-order valence-electron chi connectivity index (χ0n) is 20.6. The number of amides is 2. The van der Waals surface area contributed by atoms with Crippen LogP contribution >= 0.6 is 23.2 Å². The van der Waals surface area contributed by atoms with Gasteiger partial charge in [0.25, 0.3) is 0 Å². The molecule has 1 N–H and O–H groups in total. The van der Waals surface area contributed by atoms with Crippen molar-refractivity contribution in [3.8, 4) is 5.75 Å². The molecular weight excluding hydrogens is 513 g/mol. The van der Waals surface area contributed by atoms with E-state index in [1.165, 1.54) is 12.0 Å². The summed E-state index contributed by atoms with van der Waals surface area (Å²) < 4.78 is 31.8. The first-order chi connectivity index (χ1) is 16.2. The first-order valence-corrected chi connectivity index (χ1v) is 13.5. The molecule has 2 aromatic rings. The number of benzene rings is 2. The van der Waals surface area contributed by atoms with Crippen molar-refractivity contribution in [2.45, 2.75) is 46.3 Å². The molecule has 0 fully saturated rings. The second-order valence-corrected chi connectivity index (χ2v) is 11.3. The van der Waals surface area contributed by atoms with Crippen molar-refractivity contribution in [3.63, 3.8) is 0 Å². The van der Waals surface area contributed by atoms with Crippen molar-refractivity contribution in [2.24, 2.45) is 0 Å². The Morgan fingerprint density at radius 3 is 2.26 bits per heavy atom. The van der Waals surface area contributed by atoms with Gasteiger partial charge >= 0.3 is 0 Å². The van der Waals surface area contributed by atoms with Gasteiger partial charge in [0.2, 0.25) is 21.8 Å². The average Bonchev–Trinajstić information content (AvgIpc) is 2.76. The Kier molecular flexibility index (Phi) is 9.83. The number of hydrogen-bond donors (Lipinski definition) is 1. The van der Waals surface area contributed by atoms with E-state index in [0.717, 1.165) is 16.1 Å². The molecule has 35 heavy (non-hydrogen) atoms. The lowest BCUT2D eigenvalue weighted by Gasteiger charge is -2.32. The Balaban J connectivity index is 2.48. The molecular formula is C24H31Cl2N3O5S. The zero-order chi connectivity index (χ0) is 26.5. The SMILES string of the molecule is COc1ccc(C)cc1N(CC(=O)N(Cc1ccc(Cl)c(Cl)c1)C(C)C(=O)NC(C)C)S(C)(=O)=O. The van der Waals surface area contributed by atoms with Gasteiger partial charge in [0.1, 0.15) is 18.3 Å². The molecule has 0 saturated carbocycles. The van der Waals surface area contributed by atoms with Gasteiger partial charge in [-0.05, 0) is 63.1 Å². The van der Waals surface area contributed by atoms with E-state index in [0.29, 0.717) is 21.4 Å². The van der Waals surface area contributed by atoms with Gasteiger partial charge in [0, 0.05) is 12.6 Å². The van der Waals surface area contributed by atoms with E-state index in [2.05, 4.69) is 5.32 Å². The first kappa shape index (κ1) is 28.7. The Bertz CT molecular complexity index is 1190. The number of methoxy groups -OCH3 is 1. The molecule has 0 aliphatic heterocycles. The van der Waals surface area contributed by atoms with E-state index >= 15 is 0 Å².